The summed E-state index contributed by atoms with van der Waals surface area (Å²) in [5.41, 5.74) is 0.864. The molecule has 0 N–H and O–H groups in total. The molecule has 1 aromatic carbocycles. The Labute approximate surface area is 167 Å². The zero-order chi connectivity index (χ0) is 18.6. The van der Waals surface area contributed by atoms with E-state index in [1.807, 2.05) is 39.0 Å². The van der Waals surface area contributed by atoms with E-state index in [1.165, 1.54) is 11.8 Å². The van der Waals surface area contributed by atoms with Crippen LogP contribution in [0, 0.1) is 0 Å². The number of carbonyl (C=O) groups excluding carboxylic acids is 1. The normalized spacial score (nSPS) is 17.3. The summed E-state index contributed by atoms with van der Waals surface area (Å²) in [6.45, 7) is 9.05. The Kier molecular flexibility index (Phi) is 7.34. The number of likely N-dealkylation sites (N-methyl/N-ethyl adjacent to an activating group) is 1. The second-order valence-corrected chi connectivity index (χ2v) is 8.06. The highest BCUT2D eigenvalue weighted by Gasteiger charge is 2.30. The maximum Gasteiger partial charge on any atom is 0.266 e. The van der Waals surface area contributed by atoms with Crippen LogP contribution < -0.4 is 9.47 Å². The molecular formula is C18H22BrNO3S2. The predicted octanol–water partition coefficient (Wildman–Crippen LogP) is 5.25. The molecule has 0 aliphatic carbocycles. The van der Waals surface area contributed by atoms with Crippen LogP contribution in [0.3, 0.4) is 0 Å². The largest absolute Gasteiger partial charge is 0.490 e. The summed E-state index contributed by atoms with van der Waals surface area (Å²) >= 11 is 10.1. The Balaban J connectivity index is 2.38. The second kappa shape index (κ2) is 9.05. The minimum Gasteiger partial charge on any atom is -0.490 e. The van der Waals surface area contributed by atoms with Gasteiger partial charge in [0.1, 0.15) is 4.32 Å². The molecule has 0 unspecified atom stereocenters. The first-order valence-corrected chi connectivity index (χ1v) is 10.3. The van der Waals surface area contributed by atoms with Crippen LogP contribution in [0.4, 0.5) is 0 Å². The van der Waals surface area contributed by atoms with Crippen molar-refractivity contribution in [2.45, 2.75) is 40.2 Å². The quantitative estimate of drug-likeness (QED) is 0.425. The number of rotatable bonds is 7. The number of amides is 1. The molecule has 0 bridgehead atoms. The fourth-order valence-corrected chi connectivity index (χ4v) is 4.19. The molecule has 1 fully saturated rings. The van der Waals surface area contributed by atoms with Crippen molar-refractivity contribution in [2.24, 2.45) is 0 Å². The van der Waals surface area contributed by atoms with Crippen molar-refractivity contribution in [1.82, 2.24) is 4.90 Å². The van der Waals surface area contributed by atoms with Crippen LogP contribution >= 0.6 is 39.9 Å². The summed E-state index contributed by atoms with van der Waals surface area (Å²) in [5, 5.41) is 0. The molecule has 4 nitrogen and oxygen atoms in total. The van der Waals surface area contributed by atoms with Gasteiger partial charge in [0.15, 0.2) is 11.5 Å². The second-order valence-electron chi connectivity index (χ2n) is 5.53. The fraction of sp³-hybridized carbons (Fsp3) is 0.444. The molecule has 0 radical (unpaired) electrons. The van der Waals surface area contributed by atoms with E-state index >= 15 is 0 Å². The number of ether oxygens (including phenoxy) is 2. The van der Waals surface area contributed by atoms with Gasteiger partial charge in [0.05, 0.1) is 22.1 Å². The van der Waals surface area contributed by atoms with Crippen LogP contribution in [0.1, 0.15) is 39.7 Å². The van der Waals surface area contributed by atoms with Gasteiger partial charge in [-0.15, -0.1) is 0 Å². The lowest BCUT2D eigenvalue weighted by Gasteiger charge is -2.18. The Morgan fingerprint density at radius 2 is 2.08 bits per heavy atom. The van der Waals surface area contributed by atoms with E-state index < -0.39 is 0 Å². The SMILES string of the molecule is CCOc1cc(/C=C2\SC(=S)N(CC)C2=O)cc(Br)c1O[C@@H](C)CC. The van der Waals surface area contributed by atoms with Gasteiger partial charge in [-0.3, -0.25) is 9.69 Å². The number of benzene rings is 1. The van der Waals surface area contributed by atoms with Crippen LogP contribution in [0.2, 0.25) is 0 Å². The molecule has 1 aliphatic heterocycles. The summed E-state index contributed by atoms with van der Waals surface area (Å²) < 4.78 is 13.1. The van der Waals surface area contributed by atoms with Crippen molar-refractivity contribution in [3.63, 3.8) is 0 Å². The van der Waals surface area contributed by atoms with Crippen molar-refractivity contribution in [3.8, 4) is 11.5 Å². The summed E-state index contributed by atoms with van der Waals surface area (Å²) in [6, 6.07) is 3.82. The van der Waals surface area contributed by atoms with Crippen molar-refractivity contribution in [3.05, 3.63) is 27.1 Å². The zero-order valence-corrected chi connectivity index (χ0v) is 18.0. The third kappa shape index (κ3) is 4.77. The lowest BCUT2D eigenvalue weighted by molar-refractivity contribution is -0.121. The molecule has 2 rings (SSSR count). The number of halogens is 1. The van der Waals surface area contributed by atoms with Gasteiger partial charge in [-0.25, -0.2) is 0 Å². The molecule has 1 heterocycles. The lowest BCUT2D eigenvalue weighted by atomic mass is 10.1. The topological polar surface area (TPSA) is 38.8 Å². The average Bonchev–Trinajstić information content (AvgIpc) is 2.84. The highest BCUT2D eigenvalue weighted by molar-refractivity contribution is 9.10. The van der Waals surface area contributed by atoms with Crippen LogP contribution in [0.25, 0.3) is 6.08 Å². The van der Waals surface area contributed by atoms with Gasteiger partial charge in [0.2, 0.25) is 0 Å². The first kappa shape index (κ1) is 20.3. The summed E-state index contributed by atoms with van der Waals surface area (Å²) in [7, 11) is 0. The van der Waals surface area contributed by atoms with Crippen molar-refractivity contribution >= 4 is 56.2 Å². The average molecular weight is 444 g/mol. The molecule has 0 aromatic heterocycles. The number of hydrogen-bond acceptors (Lipinski definition) is 5. The van der Waals surface area contributed by atoms with E-state index in [2.05, 4.69) is 22.9 Å². The van der Waals surface area contributed by atoms with E-state index in [4.69, 9.17) is 21.7 Å². The minimum atomic E-state index is -0.0495. The fourth-order valence-electron chi connectivity index (χ4n) is 2.26. The number of thioether (sulfide) groups is 1. The molecule has 0 spiro atoms. The first-order chi connectivity index (χ1) is 11.9. The molecule has 1 aromatic rings. The third-order valence-electron chi connectivity index (χ3n) is 3.71. The molecule has 136 valence electrons. The molecule has 1 saturated heterocycles. The molecule has 25 heavy (non-hydrogen) atoms. The highest BCUT2D eigenvalue weighted by atomic mass is 79.9. The molecule has 1 atom stereocenters. The van der Waals surface area contributed by atoms with E-state index in [0.717, 1.165) is 16.5 Å². The van der Waals surface area contributed by atoms with Crippen LogP contribution in [-0.4, -0.2) is 34.4 Å². The van der Waals surface area contributed by atoms with Gasteiger partial charge in [0.25, 0.3) is 5.91 Å². The van der Waals surface area contributed by atoms with Crippen molar-refractivity contribution in [2.75, 3.05) is 13.2 Å². The monoisotopic (exact) mass is 443 g/mol. The van der Waals surface area contributed by atoms with Crippen molar-refractivity contribution < 1.29 is 14.3 Å². The van der Waals surface area contributed by atoms with Crippen molar-refractivity contribution in [1.29, 1.82) is 0 Å². The molecule has 1 amide bonds. The maximum absolute atomic E-state index is 12.4. The lowest BCUT2D eigenvalue weighted by Crippen LogP contribution is -2.27. The molecule has 7 heteroatoms. The maximum atomic E-state index is 12.4. The Morgan fingerprint density at radius 1 is 1.36 bits per heavy atom. The molecular weight excluding hydrogens is 422 g/mol. The van der Waals surface area contributed by atoms with Gasteiger partial charge >= 0.3 is 0 Å². The third-order valence-corrected chi connectivity index (χ3v) is 5.68. The van der Waals surface area contributed by atoms with Crippen LogP contribution in [0.15, 0.2) is 21.5 Å². The van der Waals surface area contributed by atoms with E-state index in [1.54, 1.807) is 4.90 Å². The van der Waals surface area contributed by atoms with E-state index in [-0.39, 0.29) is 12.0 Å². The Bertz CT molecular complexity index is 706. The Hall–Kier alpha value is -1.05. The summed E-state index contributed by atoms with van der Waals surface area (Å²) in [4.78, 5) is 14.6. The molecule has 0 saturated carbocycles. The number of carbonyl (C=O) groups is 1. The smallest absolute Gasteiger partial charge is 0.266 e. The number of hydrogen-bond donors (Lipinski definition) is 0. The predicted molar refractivity (Wildman–Crippen MR) is 111 cm³/mol. The highest BCUT2D eigenvalue weighted by Crippen LogP contribution is 2.40. The summed E-state index contributed by atoms with van der Waals surface area (Å²) in [5.74, 6) is 1.30. The van der Waals surface area contributed by atoms with E-state index in [0.29, 0.717) is 33.9 Å². The van der Waals surface area contributed by atoms with Gasteiger partial charge in [-0.05, 0) is 66.9 Å². The van der Waals surface area contributed by atoms with E-state index in [9.17, 15) is 4.79 Å². The first-order valence-electron chi connectivity index (χ1n) is 8.29. The Morgan fingerprint density at radius 3 is 2.64 bits per heavy atom. The number of nitrogens with zero attached hydrogens (tertiary/aromatic N) is 1. The number of thiocarbonyl (C=S) groups is 1. The standard InChI is InChI=1S/C18H22BrNO3S2/c1-5-11(4)23-16-13(19)8-12(9-14(16)22-7-3)10-15-17(21)20(6-2)18(24)25-15/h8-11H,5-7H2,1-4H3/b15-10-/t11-/m0/s1. The van der Waals surface area contributed by atoms with Gasteiger partial charge in [-0.1, -0.05) is 30.9 Å². The van der Waals surface area contributed by atoms with Crippen LogP contribution in [-0.2, 0) is 4.79 Å². The summed E-state index contributed by atoms with van der Waals surface area (Å²) in [6.07, 6.45) is 2.83. The van der Waals surface area contributed by atoms with Gasteiger partial charge < -0.3 is 9.47 Å². The zero-order valence-electron chi connectivity index (χ0n) is 14.8. The minimum absolute atomic E-state index is 0.0495. The van der Waals surface area contributed by atoms with Crippen LogP contribution in [0.5, 0.6) is 11.5 Å². The molecule has 1 aliphatic rings. The van der Waals surface area contributed by atoms with Gasteiger partial charge in [-0.2, -0.15) is 0 Å². The van der Waals surface area contributed by atoms with Gasteiger partial charge in [0, 0.05) is 6.54 Å².